The molecule has 5 nitrogen and oxygen atoms in total. The fourth-order valence-corrected chi connectivity index (χ4v) is 3.15. The number of nitrogens with one attached hydrogen (secondary N) is 3. The second-order valence-electron chi connectivity index (χ2n) is 6.12. The topological polar surface area (TPSA) is 70.2 Å². The van der Waals surface area contributed by atoms with E-state index in [-0.39, 0.29) is 17.0 Å². The molecule has 3 rings (SSSR count). The van der Waals surface area contributed by atoms with Gasteiger partial charge in [0.25, 0.3) is 5.91 Å². The second kappa shape index (κ2) is 7.55. The Labute approximate surface area is 163 Å². The lowest BCUT2D eigenvalue weighted by Crippen LogP contribution is -2.46. The number of alkyl halides is 3. The first kappa shape index (κ1) is 19.8. The maximum absolute atomic E-state index is 12.9. The highest BCUT2D eigenvalue weighted by Gasteiger charge is 2.33. The molecule has 2 aromatic rings. The Morgan fingerprint density at radius 3 is 2.54 bits per heavy atom. The summed E-state index contributed by atoms with van der Waals surface area (Å²) < 4.78 is 38.7. The van der Waals surface area contributed by atoms with Crippen molar-refractivity contribution in [2.75, 3.05) is 5.32 Å². The largest absolute Gasteiger partial charge is 0.416 e. The molecule has 146 valence electrons. The molecule has 1 atom stereocenters. The first-order chi connectivity index (χ1) is 13.2. The SMILES string of the molecule is CC1=C(C(=O)Nc2cccc(C(F)(F)F)c2)[C@H](c2ccccc2Cl)NC(=O)N1. The molecule has 0 saturated carbocycles. The highest BCUT2D eigenvalue weighted by Crippen LogP contribution is 2.33. The van der Waals surface area contributed by atoms with Crippen LogP contribution in [0.5, 0.6) is 0 Å². The Morgan fingerprint density at radius 1 is 1.14 bits per heavy atom. The molecule has 0 saturated heterocycles. The minimum Gasteiger partial charge on any atom is -0.327 e. The minimum atomic E-state index is -4.53. The molecule has 9 heteroatoms. The van der Waals surface area contributed by atoms with Gasteiger partial charge in [0.2, 0.25) is 0 Å². The number of anilines is 1. The summed E-state index contributed by atoms with van der Waals surface area (Å²) in [4.78, 5) is 24.7. The van der Waals surface area contributed by atoms with Gasteiger partial charge in [-0.15, -0.1) is 0 Å². The molecular weight excluding hydrogens is 395 g/mol. The molecule has 0 spiro atoms. The van der Waals surface area contributed by atoms with Gasteiger partial charge in [-0.1, -0.05) is 35.9 Å². The molecule has 28 heavy (non-hydrogen) atoms. The minimum absolute atomic E-state index is 0.0186. The van der Waals surface area contributed by atoms with Crippen molar-refractivity contribution < 1.29 is 22.8 Å². The number of amides is 3. The summed E-state index contributed by atoms with van der Waals surface area (Å²) in [7, 11) is 0. The molecular formula is C19H15ClF3N3O2. The highest BCUT2D eigenvalue weighted by atomic mass is 35.5. The van der Waals surface area contributed by atoms with Gasteiger partial charge in [-0.25, -0.2) is 4.79 Å². The number of hydrogen-bond donors (Lipinski definition) is 3. The van der Waals surface area contributed by atoms with E-state index < -0.39 is 29.7 Å². The molecule has 0 radical (unpaired) electrons. The van der Waals surface area contributed by atoms with Gasteiger partial charge in [-0.3, -0.25) is 4.79 Å². The van der Waals surface area contributed by atoms with E-state index in [1.165, 1.54) is 19.1 Å². The number of carbonyl (C=O) groups excluding carboxylic acids is 2. The van der Waals surface area contributed by atoms with Crippen molar-refractivity contribution in [2.24, 2.45) is 0 Å². The molecule has 0 fully saturated rings. The Bertz CT molecular complexity index is 973. The van der Waals surface area contributed by atoms with Crippen LogP contribution < -0.4 is 16.0 Å². The average molecular weight is 410 g/mol. The van der Waals surface area contributed by atoms with Crippen LogP contribution >= 0.6 is 11.6 Å². The lowest BCUT2D eigenvalue weighted by molar-refractivity contribution is -0.137. The number of rotatable bonds is 3. The maximum Gasteiger partial charge on any atom is 0.416 e. The van der Waals surface area contributed by atoms with Gasteiger partial charge in [0, 0.05) is 16.4 Å². The van der Waals surface area contributed by atoms with E-state index in [9.17, 15) is 22.8 Å². The lowest BCUT2D eigenvalue weighted by atomic mass is 9.94. The van der Waals surface area contributed by atoms with E-state index in [1.54, 1.807) is 24.3 Å². The third-order valence-electron chi connectivity index (χ3n) is 4.18. The van der Waals surface area contributed by atoms with Crippen LogP contribution in [-0.4, -0.2) is 11.9 Å². The Hall–Kier alpha value is -3.00. The second-order valence-corrected chi connectivity index (χ2v) is 6.53. The third kappa shape index (κ3) is 4.12. The van der Waals surface area contributed by atoms with Crippen molar-refractivity contribution in [1.82, 2.24) is 10.6 Å². The van der Waals surface area contributed by atoms with Gasteiger partial charge in [-0.05, 0) is 36.8 Å². The predicted octanol–water partition coefficient (Wildman–Crippen LogP) is 4.63. The molecule has 3 amide bonds. The van der Waals surface area contributed by atoms with Crippen molar-refractivity contribution in [3.05, 3.63) is 76.0 Å². The average Bonchev–Trinajstić information content (AvgIpc) is 2.60. The first-order valence-electron chi connectivity index (χ1n) is 8.18. The summed E-state index contributed by atoms with van der Waals surface area (Å²) in [5, 5.41) is 7.92. The van der Waals surface area contributed by atoms with Crippen LogP contribution in [0.1, 0.15) is 24.1 Å². The number of hydrogen-bond acceptors (Lipinski definition) is 2. The number of allylic oxidation sites excluding steroid dienone is 1. The van der Waals surface area contributed by atoms with Gasteiger partial charge in [0.15, 0.2) is 0 Å². The van der Waals surface area contributed by atoms with Gasteiger partial charge in [-0.2, -0.15) is 13.2 Å². The maximum atomic E-state index is 12.9. The number of carbonyl (C=O) groups is 2. The smallest absolute Gasteiger partial charge is 0.327 e. The van der Waals surface area contributed by atoms with Crippen LogP contribution in [0.3, 0.4) is 0 Å². The zero-order valence-corrected chi connectivity index (χ0v) is 15.3. The summed E-state index contributed by atoms with van der Waals surface area (Å²) in [6, 6.07) is 9.61. The van der Waals surface area contributed by atoms with Crippen molar-refractivity contribution in [3.8, 4) is 0 Å². The fourth-order valence-electron chi connectivity index (χ4n) is 2.91. The van der Waals surface area contributed by atoms with E-state index in [0.29, 0.717) is 10.6 Å². The summed E-state index contributed by atoms with van der Waals surface area (Å²) in [5.41, 5.74) is 0.0134. The van der Waals surface area contributed by atoms with Crippen molar-refractivity contribution in [3.63, 3.8) is 0 Å². The molecule has 1 aliphatic heterocycles. The van der Waals surface area contributed by atoms with Gasteiger partial charge >= 0.3 is 12.2 Å². The molecule has 2 aromatic carbocycles. The van der Waals surface area contributed by atoms with Crippen LogP contribution in [0.4, 0.5) is 23.7 Å². The van der Waals surface area contributed by atoms with E-state index in [0.717, 1.165) is 12.1 Å². The summed E-state index contributed by atoms with van der Waals surface area (Å²) in [6.07, 6.45) is -4.53. The van der Waals surface area contributed by atoms with Crippen LogP contribution in [0, 0.1) is 0 Å². The van der Waals surface area contributed by atoms with Gasteiger partial charge < -0.3 is 16.0 Å². The molecule has 1 heterocycles. The highest BCUT2D eigenvalue weighted by molar-refractivity contribution is 6.31. The Morgan fingerprint density at radius 2 is 1.86 bits per heavy atom. The summed E-state index contributed by atoms with van der Waals surface area (Å²) in [6.45, 7) is 1.53. The third-order valence-corrected chi connectivity index (χ3v) is 4.52. The zero-order chi connectivity index (χ0) is 20.5. The van der Waals surface area contributed by atoms with Crippen LogP contribution in [0.25, 0.3) is 0 Å². The number of halogens is 4. The normalized spacial score (nSPS) is 17.0. The van der Waals surface area contributed by atoms with E-state index in [2.05, 4.69) is 16.0 Å². The molecule has 0 aliphatic carbocycles. The van der Waals surface area contributed by atoms with E-state index in [1.807, 2.05) is 0 Å². The monoisotopic (exact) mass is 409 g/mol. The molecule has 3 N–H and O–H groups in total. The zero-order valence-electron chi connectivity index (χ0n) is 14.5. The molecule has 0 bridgehead atoms. The number of urea groups is 1. The first-order valence-corrected chi connectivity index (χ1v) is 8.56. The van der Waals surface area contributed by atoms with Crippen molar-refractivity contribution in [1.29, 1.82) is 0 Å². The van der Waals surface area contributed by atoms with Gasteiger partial charge in [0.1, 0.15) is 0 Å². The van der Waals surface area contributed by atoms with E-state index >= 15 is 0 Å². The Kier molecular flexibility index (Phi) is 5.33. The van der Waals surface area contributed by atoms with E-state index in [4.69, 9.17) is 11.6 Å². The standard InChI is InChI=1S/C19H15ClF3N3O2/c1-10-15(16(26-18(28)24-10)13-7-2-3-8-14(13)20)17(27)25-12-6-4-5-11(9-12)19(21,22)23/h2-9,16H,1H3,(H,25,27)(H2,24,26,28)/t16-/m0/s1. The van der Waals surface area contributed by atoms with Gasteiger partial charge in [0.05, 0.1) is 17.2 Å². The fraction of sp³-hybridized carbons (Fsp3) is 0.158. The lowest BCUT2D eigenvalue weighted by Gasteiger charge is -2.29. The molecule has 1 aliphatic rings. The quantitative estimate of drug-likeness (QED) is 0.692. The van der Waals surface area contributed by atoms with Crippen molar-refractivity contribution >= 4 is 29.2 Å². The molecule has 0 aromatic heterocycles. The summed E-state index contributed by atoms with van der Waals surface area (Å²) >= 11 is 6.20. The van der Waals surface area contributed by atoms with Crippen LogP contribution in [-0.2, 0) is 11.0 Å². The number of benzene rings is 2. The summed E-state index contributed by atoms with van der Waals surface area (Å²) in [5.74, 6) is -0.658. The predicted molar refractivity (Wildman–Crippen MR) is 98.6 cm³/mol. The van der Waals surface area contributed by atoms with Crippen LogP contribution in [0.2, 0.25) is 5.02 Å². The van der Waals surface area contributed by atoms with Crippen molar-refractivity contribution in [2.45, 2.75) is 19.1 Å². The Balaban J connectivity index is 1.95. The van der Waals surface area contributed by atoms with Crippen LogP contribution in [0.15, 0.2) is 59.8 Å². The molecule has 0 unspecified atom stereocenters.